The quantitative estimate of drug-likeness (QED) is 0.418. The lowest BCUT2D eigenvalue weighted by Crippen LogP contribution is -2.20. The second-order valence-corrected chi connectivity index (χ2v) is 9.51. The number of rotatable bonds is 4. The Labute approximate surface area is 94.4 Å². The van der Waals surface area contributed by atoms with Crippen LogP contribution in [0.4, 0.5) is 0 Å². The van der Waals surface area contributed by atoms with Crippen LogP contribution in [-0.2, 0) is 9.53 Å². The third kappa shape index (κ3) is 9.55. The highest BCUT2D eigenvalue weighted by atomic mass is 28.3. The van der Waals surface area contributed by atoms with Crippen molar-refractivity contribution in [3.63, 3.8) is 0 Å². The maximum Gasteiger partial charge on any atom is 0.303 e. The second-order valence-electron chi connectivity index (χ2n) is 4.76. The van der Waals surface area contributed by atoms with Gasteiger partial charge in [-0.1, -0.05) is 38.9 Å². The molecule has 0 aliphatic heterocycles. The van der Waals surface area contributed by atoms with Crippen LogP contribution in [0.15, 0.2) is 0 Å². The first-order valence-corrected chi connectivity index (χ1v) is 9.05. The highest BCUT2D eigenvalue weighted by Crippen LogP contribution is 2.05. The van der Waals surface area contributed by atoms with Crippen LogP contribution >= 0.6 is 0 Å². The van der Waals surface area contributed by atoms with Crippen LogP contribution in [0.3, 0.4) is 0 Å². The summed E-state index contributed by atoms with van der Waals surface area (Å²) in [7, 11) is -1.36. The molecule has 0 aliphatic carbocycles. The molecule has 1 atom stereocenters. The van der Waals surface area contributed by atoms with Gasteiger partial charge in [0.2, 0.25) is 0 Å². The molecular weight excluding hydrogens is 204 g/mol. The maximum atomic E-state index is 10.9. The molecule has 3 heteroatoms. The number of hydrogen-bond donors (Lipinski definition) is 0. The van der Waals surface area contributed by atoms with Crippen molar-refractivity contribution in [2.75, 3.05) is 0 Å². The van der Waals surface area contributed by atoms with Gasteiger partial charge in [0.25, 0.3) is 0 Å². The van der Waals surface area contributed by atoms with E-state index in [2.05, 4.69) is 38.0 Å². The van der Waals surface area contributed by atoms with E-state index in [-0.39, 0.29) is 12.1 Å². The van der Waals surface area contributed by atoms with E-state index in [9.17, 15) is 4.79 Å². The van der Waals surface area contributed by atoms with Gasteiger partial charge in [-0.05, 0) is 12.8 Å². The SMILES string of the molecule is CCCCC(C#C[Si](C)(C)C)OC(C)=O. The monoisotopic (exact) mass is 226 g/mol. The van der Waals surface area contributed by atoms with E-state index in [1.807, 2.05) is 0 Å². The third-order valence-electron chi connectivity index (χ3n) is 1.74. The number of carbonyl (C=O) groups excluding carboxylic acids is 1. The molecule has 86 valence electrons. The molecule has 0 N–H and O–H groups in total. The summed E-state index contributed by atoms with van der Waals surface area (Å²) in [5.74, 6) is 2.86. The van der Waals surface area contributed by atoms with Crippen molar-refractivity contribution in [3.8, 4) is 11.5 Å². The van der Waals surface area contributed by atoms with E-state index in [0.29, 0.717) is 0 Å². The van der Waals surface area contributed by atoms with Crippen LogP contribution in [0, 0.1) is 11.5 Å². The fourth-order valence-electron chi connectivity index (χ4n) is 1.05. The molecule has 0 aliphatic rings. The molecule has 0 aromatic heterocycles. The zero-order valence-electron chi connectivity index (χ0n) is 10.5. The van der Waals surface area contributed by atoms with Gasteiger partial charge in [-0.2, -0.15) is 0 Å². The smallest absolute Gasteiger partial charge is 0.303 e. The summed E-state index contributed by atoms with van der Waals surface area (Å²) in [6.45, 7) is 10.1. The number of carbonyl (C=O) groups is 1. The zero-order chi connectivity index (χ0) is 11.9. The average Bonchev–Trinajstić information content (AvgIpc) is 2.07. The number of unbranched alkanes of at least 4 members (excludes halogenated alkanes) is 1. The molecule has 0 aromatic rings. The van der Waals surface area contributed by atoms with Gasteiger partial charge in [-0.3, -0.25) is 4.79 Å². The number of ether oxygens (including phenoxy) is 1. The predicted molar refractivity (Wildman–Crippen MR) is 66.2 cm³/mol. The van der Waals surface area contributed by atoms with Crippen molar-refractivity contribution in [2.45, 2.75) is 58.9 Å². The van der Waals surface area contributed by atoms with Gasteiger partial charge in [0, 0.05) is 6.92 Å². The topological polar surface area (TPSA) is 26.3 Å². The zero-order valence-corrected chi connectivity index (χ0v) is 11.5. The molecule has 15 heavy (non-hydrogen) atoms. The highest BCUT2D eigenvalue weighted by Gasteiger charge is 2.11. The Bertz CT molecular complexity index is 255. The van der Waals surface area contributed by atoms with Crippen LogP contribution < -0.4 is 0 Å². The van der Waals surface area contributed by atoms with E-state index >= 15 is 0 Å². The predicted octanol–water partition coefficient (Wildman–Crippen LogP) is 2.99. The first-order valence-electron chi connectivity index (χ1n) is 5.55. The maximum absolute atomic E-state index is 10.9. The van der Waals surface area contributed by atoms with Crippen LogP contribution in [0.25, 0.3) is 0 Å². The van der Waals surface area contributed by atoms with Crippen LogP contribution in [-0.4, -0.2) is 20.1 Å². The molecule has 0 saturated carbocycles. The molecule has 0 radical (unpaired) electrons. The second kappa shape index (κ2) is 6.68. The van der Waals surface area contributed by atoms with Crippen LogP contribution in [0.2, 0.25) is 19.6 Å². The molecule has 0 bridgehead atoms. The van der Waals surface area contributed by atoms with Crippen molar-refractivity contribution in [2.24, 2.45) is 0 Å². The van der Waals surface area contributed by atoms with Gasteiger partial charge < -0.3 is 4.74 Å². The van der Waals surface area contributed by atoms with Crippen molar-refractivity contribution >= 4 is 14.0 Å². The lowest BCUT2D eigenvalue weighted by molar-refractivity contribution is -0.144. The molecule has 2 nitrogen and oxygen atoms in total. The highest BCUT2D eigenvalue weighted by molar-refractivity contribution is 6.83. The normalized spacial score (nSPS) is 12.6. The summed E-state index contributed by atoms with van der Waals surface area (Å²) in [6.07, 6.45) is 2.81. The van der Waals surface area contributed by atoms with Gasteiger partial charge in [0.1, 0.15) is 8.07 Å². The fraction of sp³-hybridized carbons (Fsp3) is 0.750. The van der Waals surface area contributed by atoms with Crippen LogP contribution in [0.5, 0.6) is 0 Å². The Kier molecular flexibility index (Phi) is 6.34. The molecular formula is C12H22O2Si. The minimum Gasteiger partial charge on any atom is -0.449 e. The fourth-order valence-corrected chi connectivity index (χ4v) is 1.64. The molecule has 0 heterocycles. The van der Waals surface area contributed by atoms with E-state index < -0.39 is 8.07 Å². The lowest BCUT2D eigenvalue weighted by Gasteiger charge is -2.11. The van der Waals surface area contributed by atoms with E-state index in [4.69, 9.17) is 4.74 Å². The summed E-state index contributed by atoms with van der Waals surface area (Å²) < 4.78 is 5.16. The van der Waals surface area contributed by atoms with E-state index in [0.717, 1.165) is 19.3 Å². The van der Waals surface area contributed by atoms with Gasteiger partial charge in [-0.25, -0.2) is 0 Å². The molecule has 1 unspecified atom stereocenters. The van der Waals surface area contributed by atoms with Crippen molar-refractivity contribution < 1.29 is 9.53 Å². The largest absolute Gasteiger partial charge is 0.449 e. The summed E-state index contributed by atoms with van der Waals surface area (Å²) in [4.78, 5) is 10.9. The Morgan fingerprint density at radius 3 is 2.40 bits per heavy atom. The molecule has 0 fully saturated rings. The van der Waals surface area contributed by atoms with E-state index in [1.54, 1.807) is 0 Å². The summed E-state index contributed by atoms with van der Waals surface area (Å²) in [5, 5.41) is 0. The Hall–Kier alpha value is -0.753. The first kappa shape index (κ1) is 14.2. The molecule has 0 rings (SSSR count). The molecule has 0 amide bonds. The van der Waals surface area contributed by atoms with Crippen molar-refractivity contribution in [3.05, 3.63) is 0 Å². The average molecular weight is 226 g/mol. The van der Waals surface area contributed by atoms with Crippen LogP contribution in [0.1, 0.15) is 33.1 Å². The Morgan fingerprint density at radius 1 is 1.40 bits per heavy atom. The number of esters is 1. The van der Waals surface area contributed by atoms with Gasteiger partial charge >= 0.3 is 5.97 Å². The van der Waals surface area contributed by atoms with Gasteiger partial charge in [0.05, 0.1) is 0 Å². The Balaban J connectivity index is 4.33. The summed E-state index contributed by atoms with van der Waals surface area (Å²) in [5.41, 5.74) is 3.25. The lowest BCUT2D eigenvalue weighted by atomic mass is 10.2. The number of hydrogen-bond acceptors (Lipinski definition) is 2. The van der Waals surface area contributed by atoms with Crippen molar-refractivity contribution in [1.29, 1.82) is 0 Å². The van der Waals surface area contributed by atoms with Gasteiger partial charge in [0.15, 0.2) is 6.10 Å². The third-order valence-corrected chi connectivity index (χ3v) is 2.63. The van der Waals surface area contributed by atoms with E-state index in [1.165, 1.54) is 6.92 Å². The summed E-state index contributed by atoms with van der Waals surface area (Å²) >= 11 is 0. The minimum atomic E-state index is -1.36. The van der Waals surface area contributed by atoms with Crippen molar-refractivity contribution in [1.82, 2.24) is 0 Å². The Morgan fingerprint density at radius 2 is 2.00 bits per heavy atom. The molecule has 0 saturated heterocycles. The van der Waals surface area contributed by atoms with Gasteiger partial charge in [-0.15, -0.1) is 5.54 Å². The standard InChI is InChI=1S/C12H22O2Si/c1-6-7-8-12(14-11(2)13)9-10-15(3,4)5/h12H,6-8H2,1-5H3. The summed E-state index contributed by atoms with van der Waals surface area (Å²) in [6, 6.07) is 0. The minimum absolute atomic E-state index is 0.200. The first-order chi connectivity index (χ1) is 6.85. The molecule has 0 spiro atoms. The molecule has 0 aromatic carbocycles.